The van der Waals surface area contributed by atoms with Crippen LogP contribution in [0.2, 0.25) is 0 Å². The van der Waals surface area contributed by atoms with Gasteiger partial charge < -0.3 is 15.4 Å². The molecule has 4 N–H and O–H groups in total. The highest BCUT2D eigenvalue weighted by Gasteiger charge is 2.41. The molecule has 28 heavy (non-hydrogen) atoms. The molecule has 0 spiro atoms. The maximum Gasteiger partial charge on any atom is 0.239 e. The average molecular weight is 402 g/mol. The highest BCUT2D eigenvalue weighted by atomic mass is 32.1. The summed E-state index contributed by atoms with van der Waals surface area (Å²) in [7, 11) is 1.66. The number of carbonyl (C=O) groups excluding carboxylic acids is 1. The van der Waals surface area contributed by atoms with E-state index in [-0.39, 0.29) is 23.9 Å². The summed E-state index contributed by atoms with van der Waals surface area (Å²) in [4.78, 5) is 18.7. The maximum atomic E-state index is 12.9. The number of thiazole rings is 1. The summed E-state index contributed by atoms with van der Waals surface area (Å²) in [6.45, 7) is 5.88. The Balaban J connectivity index is 1.45. The van der Waals surface area contributed by atoms with Crippen LogP contribution in [0.15, 0.2) is 24.3 Å². The van der Waals surface area contributed by atoms with E-state index in [4.69, 9.17) is 9.72 Å². The molecule has 0 radical (unpaired) electrons. The van der Waals surface area contributed by atoms with Crippen molar-refractivity contribution >= 4 is 17.2 Å². The Bertz CT molecular complexity index is 838. The van der Waals surface area contributed by atoms with Crippen LogP contribution in [0.5, 0.6) is 5.75 Å². The SMILES string of the molecule is COc1ccc(-c2nc(C)c(C(C)NC(=O)C3NNC4CCNCC43)s2)cc1. The van der Waals surface area contributed by atoms with Gasteiger partial charge in [-0.2, -0.15) is 0 Å². The topological polar surface area (TPSA) is 87.3 Å². The van der Waals surface area contributed by atoms with Gasteiger partial charge in [0.1, 0.15) is 16.8 Å². The standard InChI is InChI=1S/C20H27N5O2S/c1-11(22-19(26)17-15-10-21-9-8-16(15)24-25-17)18-12(2)23-20(28-18)13-4-6-14(27-3)7-5-13/h4-7,11,15-17,21,24-25H,8-10H2,1-3H3,(H,22,26). The van der Waals surface area contributed by atoms with E-state index in [0.717, 1.165) is 46.4 Å². The highest BCUT2D eigenvalue weighted by Crippen LogP contribution is 2.33. The first-order chi connectivity index (χ1) is 13.6. The van der Waals surface area contributed by atoms with Gasteiger partial charge in [-0.3, -0.25) is 10.2 Å². The molecule has 4 atom stereocenters. The van der Waals surface area contributed by atoms with E-state index in [1.54, 1.807) is 18.4 Å². The average Bonchev–Trinajstić information content (AvgIpc) is 3.32. The fourth-order valence-electron chi connectivity index (χ4n) is 4.01. The van der Waals surface area contributed by atoms with E-state index in [0.29, 0.717) is 6.04 Å². The smallest absolute Gasteiger partial charge is 0.239 e. The Labute approximate surface area is 169 Å². The fraction of sp³-hybridized carbons (Fsp3) is 0.500. The van der Waals surface area contributed by atoms with Crippen LogP contribution in [0.1, 0.15) is 30.0 Å². The summed E-state index contributed by atoms with van der Waals surface area (Å²) in [5.41, 5.74) is 8.47. The van der Waals surface area contributed by atoms with Gasteiger partial charge in [0.15, 0.2) is 0 Å². The molecule has 0 aliphatic carbocycles. The zero-order chi connectivity index (χ0) is 19.7. The minimum Gasteiger partial charge on any atom is -0.497 e. The van der Waals surface area contributed by atoms with Gasteiger partial charge >= 0.3 is 0 Å². The number of aromatic nitrogens is 1. The van der Waals surface area contributed by atoms with E-state index in [1.165, 1.54) is 0 Å². The Morgan fingerprint density at radius 2 is 2.11 bits per heavy atom. The molecular weight excluding hydrogens is 374 g/mol. The summed E-state index contributed by atoms with van der Waals surface area (Å²) < 4.78 is 5.22. The van der Waals surface area contributed by atoms with Gasteiger partial charge in [-0.25, -0.2) is 10.4 Å². The normalized spacial score (nSPS) is 25.2. The van der Waals surface area contributed by atoms with Gasteiger partial charge in [0.05, 0.1) is 23.7 Å². The van der Waals surface area contributed by atoms with Crippen LogP contribution in [-0.2, 0) is 4.79 Å². The number of hydrazine groups is 1. The molecule has 2 aliphatic heterocycles. The molecule has 1 amide bonds. The Morgan fingerprint density at radius 1 is 1.32 bits per heavy atom. The number of hydrogen-bond donors (Lipinski definition) is 4. The van der Waals surface area contributed by atoms with Crippen molar-refractivity contribution in [3.05, 3.63) is 34.8 Å². The van der Waals surface area contributed by atoms with Crippen molar-refractivity contribution in [2.24, 2.45) is 5.92 Å². The lowest BCUT2D eigenvalue weighted by Gasteiger charge is -2.28. The highest BCUT2D eigenvalue weighted by molar-refractivity contribution is 7.15. The molecule has 0 bridgehead atoms. The van der Waals surface area contributed by atoms with Crippen molar-refractivity contribution in [2.75, 3.05) is 20.2 Å². The van der Waals surface area contributed by atoms with Crippen molar-refractivity contribution in [1.29, 1.82) is 0 Å². The first kappa shape index (κ1) is 19.3. The van der Waals surface area contributed by atoms with E-state index in [2.05, 4.69) is 21.5 Å². The first-order valence-electron chi connectivity index (χ1n) is 9.70. The van der Waals surface area contributed by atoms with Crippen molar-refractivity contribution < 1.29 is 9.53 Å². The molecule has 2 fully saturated rings. The molecular formula is C20H27N5O2S. The third-order valence-electron chi connectivity index (χ3n) is 5.59. The lowest BCUT2D eigenvalue weighted by Crippen LogP contribution is -2.49. The number of carbonyl (C=O) groups is 1. The minimum atomic E-state index is -0.213. The van der Waals surface area contributed by atoms with Crippen LogP contribution in [0, 0.1) is 12.8 Å². The van der Waals surface area contributed by atoms with E-state index in [1.807, 2.05) is 38.1 Å². The molecule has 7 nitrogen and oxygen atoms in total. The second kappa shape index (κ2) is 8.16. The first-order valence-corrected chi connectivity index (χ1v) is 10.5. The summed E-state index contributed by atoms with van der Waals surface area (Å²) in [6, 6.07) is 7.94. The molecule has 2 saturated heterocycles. The van der Waals surface area contributed by atoms with Crippen LogP contribution in [0.4, 0.5) is 0 Å². The number of hydrogen-bond acceptors (Lipinski definition) is 7. The zero-order valence-electron chi connectivity index (χ0n) is 16.4. The summed E-state index contributed by atoms with van der Waals surface area (Å²) in [6.07, 6.45) is 1.04. The minimum absolute atomic E-state index is 0.0370. The fourth-order valence-corrected chi connectivity index (χ4v) is 5.09. The zero-order valence-corrected chi connectivity index (χ0v) is 17.2. The molecule has 2 aliphatic rings. The van der Waals surface area contributed by atoms with Crippen molar-refractivity contribution in [3.8, 4) is 16.3 Å². The van der Waals surface area contributed by atoms with Crippen molar-refractivity contribution in [1.82, 2.24) is 26.5 Å². The summed E-state index contributed by atoms with van der Waals surface area (Å²) >= 11 is 1.63. The van der Waals surface area contributed by atoms with Crippen LogP contribution in [0.3, 0.4) is 0 Å². The number of piperidine rings is 1. The van der Waals surface area contributed by atoms with E-state index in [9.17, 15) is 4.79 Å². The third kappa shape index (κ3) is 3.77. The lowest BCUT2D eigenvalue weighted by atomic mass is 9.89. The lowest BCUT2D eigenvalue weighted by molar-refractivity contribution is -0.124. The number of nitrogens with one attached hydrogen (secondary N) is 4. The second-order valence-corrected chi connectivity index (χ2v) is 8.49. The molecule has 3 heterocycles. The third-order valence-corrected chi connectivity index (χ3v) is 6.97. The Kier molecular flexibility index (Phi) is 5.63. The predicted molar refractivity (Wildman–Crippen MR) is 110 cm³/mol. The van der Waals surface area contributed by atoms with Gasteiger partial charge in [0.2, 0.25) is 5.91 Å². The number of benzene rings is 1. The van der Waals surface area contributed by atoms with Crippen molar-refractivity contribution in [3.63, 3.8) is 0 Å². The molecule has 1 aromatic heterocycles. The largest absolute Gasteiger partial charge is 0.497 e. The molecule has 1 aromatic carbocycles. The molecule has 4 rings (SSSR count). The summed E-state index contributed by atoms with van der Waals surface area (Å²) in [5.74, 6) is 1.14. The number of methoxy groups -OCH3 is 1. The molecule has 150 valence electrons. The molecule has 8 heteroatoms. The number of amides is 1. The number of ether oxygens (including phenoxy) is 1. The molecule has 0 saturated carbocycles. The van der Waals surface area contributed by atoms with E-state index < -0.39 is 0 Å². The van der Waals surface area contributed by atoms with Gasteiger partial charge in [0.25, 0.3) is 0 Å². The molecule has 4 unspecified atom stereocenters. The van der Waals surface area contributed by atoms with Gasteiger partial charge in [-0.05, 0) is 51.1 Å². The predicted octanol–water partition coefficient (Wildman–Crippen LogP) is 1.76. The number of nitrogens with zero attached hydrogens (tertiary/aromatic N) is 1. The van der Waals surface area contributed by atoms with Crippen LogP contribution in [0.25, 0.3) is 10.6 Å². The summed E-state index contributed by atoms with van der Waals surface area (Å²) in [5, 5.41) is 7.52. The molecule has 2 aromatic rings. The number of rotatable bonds is 5. The quantitative estimate of drug-likeness (QED) is 0.611. The van der Waals surface area contributed by atoms with Crippen LogP contribution in [-0.4, -0.2) is 43.2 Å². The number of fused-ring (bicyclic) bond motifs is 1. The van der Waals surface area contributed by atoms with Gasteiger partial charge in [-0.1, -0.05) is 0 Å². The Morgan fingerprint density at radius 3 is 2.86 bits per heavy atom. The number of aryl methyl sites for hydroxylation is 1. The van der Waals surface area contributed by atoms with Crippen LogP contribution >= 0.6 is 11.3 Å². The monoisotopic (exact) mass is 401 g/mol. The Hall–Kier alpha value is -2.00. The van der Waals surface area contributed by atoms with Crippen molar-refractivity contribution in [2.45, 2.75) is 38.4 Å². The van der Waals surface area contributed by atoms with Gasteiger partial charge in [0, 0.05) is 24.1 Å². The van der Waals surface area contributed by atoms with Crippen LogP contribution < -0.4 is 26.2 Å². The van der Waals surface area contributed by atoms with Gasteiger partial charge in [-0.15, -0.1) is 11.3 Å². The maximum absolute atomic E-state index is 12.9. The second-order valence-electron chi connectivity index (χ2n) is 7.46. The van der Waals surface area contributed by atoms with E-state index >= 15 is 0 Å².